The van der Waals surface area contributed by atoms with Gasteiger partial charge in [0.05, 0.1) is 6.61 Å². The molecule has 1 N–H and O–H groups in total. The van der Waals surface area contributed by atoms with Gasteiger partial charge in [-0.1, -0.05) is 12.1 Å². The molecule has 6 heteroatoms. The molecule has 0 aliphatic rings. The van der Waals surface area contributed by atoms with Crippen LogP contribution in [0.1, 0.15) is 22.8 Å². The number of ether oxygens (including phenoxy) is 2. The van der Waals surface area contributed by atoms with Crippen molar-refractivity contribution in [2.75, 3.05) is 11.9 Å². The first-order valence-electron chi connectivity index (χ1n) is 8.51. The molecule has 0 fully saturated rings. The Morgan fingerprint density at radius 2 is 1.96 bits per heavy atom. The summed E-state index contributed by atoms with van der Waals surface area (Å²) in [6.45, 7) is 2.62. The largest absolute Gasteiger partial charge is 0.490 e. The minimum absolute atomic E-state index is 0.336. The van der Waals surface area contributed by atoms with Crippen LogP contribution in [0.15, 0.2) is 67.0 Å². The number of nitrogens with one attached hydrogen (secondary N) is 1. The van der Waals surface area contributed by atoms with Gasteiger partial charge in [-0.05, 0) is 49.4 Å². The topological polar surface area (TPSA) is 60.5 Å². The van der Waals surface area contributed by atoms with Gasteiger partial charge in [-0.15, -0.1) is 0 Å². The second kappa shape index (κ2) is 8.80. The Balaban J connectivity index is 1.75. The fourth-order valence-electron chi connectivity index (χ4n) is 2.45. The summed E-state index contributed by atoms with van der Waals surface area (Å²) in [4.78, 5) is 16.5. The van der Waals surface area contributed by atoms with Crippen molar-refractivity contribution in [1.82, 2.24) is 4.98 Å². The highest BCUT2D eigenvalue weighted by atomic mass is 19.1. The minimum Gasteiger partial charge on any atom is -0.490 e. The predicted octanol–water partition coefficient (Wildman–Crippen LogP) is 4.45. The smallest absolute Gasteiger partial charge is 0.255 e. The zero-order chi connectivity index (χ0) is 19.1. The lowest BCUT2D eigenvalue weighted by Crippen LogP contribution is -2.12. The van der Waals surface area contributed by atoms with Gasteiger partial charge in [0.15, 0.2) is 11.5 Å². The van der Waals surface area contributed by atoms with E-state index in [9.17, 15) is 9.18 Å². The number of nitrogens with zero attached hydrogens (tertiary/aromatic N) is 1. The van der Waals surface area contributed by atoms with Crippen LogP contribution < -0.4 is 14.8 Å². The molecule has 1 aromatic heterocycles. The Bertz CT molecular complexity index is 916. The molecule has 5 nitrogen and oxygen atoms in total. The van der Waals surface area contributed by atoms with Crippen molar-refractivity contribution in [3.63, 3.8) is 0 Å². The van der Waals surface area contributed by atoms with Gasteiger partial charge in [0, 0.05) is 29.2 Å². The van der Waals surface area contributed by atoms with E-state index in [1.165, 1.54) is 18.2 Å². The van der Waals surface area contributed by atoms with E-state index in [0.29, 0.717) is 36.0 Å². The highest BCUT2D eigenvalue weighted by Gasteiger charge is 2.12. The first kappa shape index (κ1) is 18.4. The van der Waals surface area contributed by atoms with Crippen LogP contribution in [0.25, 0.3) is 0 Å². The standard InChI is InChI=1S/C21H19FN2O3/c1-2-26-20-11-16(21(25)24-18-7-3-6-17(22)12-18)8-9-19(20)27-14-15-5-4-10-23-13-15/h3-13H,2,14H2,1H3,(H,24,25). The van der Waals surface area contributed by atoms with E-state index in [1.807, 2.05) is 19.1 Å². The summed E-state index contributed by atoms with van der Waals surface area (Å²) in [6, 6.07) is 14.4. The van der Waals surface area contributed by atoms with Crippen LogP contribution in [-0.4, -0.2) is 17.5 Å². The van der Waals surface area contributed by atoms with Gasteiger partial charge >= 0.3 is 0 Å². The molecule has 1 heterocycles. The first-order valence-corrected chi connectivity index (χ1v) is 8.51. The van der Waals surface area contributed by atoms with E-state index in [1.54, 1.807) is 36.7 Å². The summed E-state index contributed by atoms with van der Waals surface area (Å²) in [5.41, 5.74) is 1.69. The van der Waals surface area contributed by atoms with Gasteiger partial charge < -0.3 is 14.8 Å². The molecule has 0 aliphatic heterocycles. The zero-order valence-electron chi connectivity index (χ0n) is 14.8. The van der Waals surface area contributed by atoms with Crippen molar-refractivity contribution >= 4 is 11.6 Å². The number of hydrogen-bond acceptors (Lipinski definition) is 4. The third kappa shape index (κ3) is 5.04. The number of hydrogen-bond donors (Lipinski definition) is 1. The van der Waals surface area contributed by atoms with Crippen LogP contribution in [0, 0.1) is 5.82 Å². The van der Waals surface area contributed by atoms with Gasteiger partial charge in [0.1, 0.15) is 12.4 Å². The van der Waals surface area contributed by atoms with Crippen molar-refractivity contribution in [3.05, 3.63) is 83.9 Å². The Hall–Kier alpha value is -3.41. The van der Waals surface area contributed by atoms with E-state index in [2.05, 4.69) is 10.3 Å². The van der Waals surface area contributed by atoms with Crippen molar-refractivity contribution in [3.8, 4) is 11.5 Å². The normalized spacial score (nSPS) is 10.3. The predicted molar refractivity (Wildman–Crippen MR) is 101 cm³/mol. The number of carbonyl (C=O) groups is 1. The number of halogens is 1. The number of amides is 1. The fourth-order valence-corrected chi connectivity index (χ4v) is 2.45. The Kier molecular flexibility index (Phi) is 5.99. The third-order valence-corrected chi connectivity index (χ3v) is 3.71. The fraction of sp³-hybridized carbons (Fsp3) is 0.143. The molecule has 0 saturated heterocycles. The second-order valence-corrected chi connectivity index (χ2v) is 5.71. The van der Waals surface area contributed by atoms with Crippen LogP contribution in [0.4, 0.5) is 10.1 Å². The molecule has 0 saturated carbocycles. The highest BCUT2D eigenvalue weighted by Crippen LogP contribution is 2.29. The van der Waals surface area contributed by atoms with E-state index < -0.39 is 5.82 Å². The summed E-state index contributed by atoms with van der Waals surface area (Å²) < 4.78 is 24.7. The molecule has 138 valence electrons. The number of benzene rings is 2. The molecule has 0 aliphatic carbocycles. The van der Waals surface area contributed by atoms with E-state index in [4.69, 9.17) is 9.47 Å². The molecule has 0 atom stereocenters. The van der Waals surface area contributed by atoms with E-state index in [-0.39, 0.29) is 5.91 Å². The SMILES string of the molecule is CCOc1cc(C(=O)Nc2cccc(F)c2)ccc1OCc1cccnc1. The minimum atomic E-state index is -0.415. The maximum atomic E-state index is 13.3. The number of pyridine rings is 1. The molecule has 0 bridgehead atoms. The molecule has 0 spiro atoms. The Morgan fingerprint density at radius 3 is 2.70 bits per heavy atom. The van der Waals surface area contributed by atoms with Crippen LogP contribution in [-0.2, 0) is 6.61 Å². The average Bonchev–Trinajstić information content (AvgIpc) is 2.68. The van der Waals surface area contributed by atoms with Gasteiger partial charge in [-0.3, -0.25) is 9.78 Å². The van der Waals surface area contributed by atoms with Crippen LogP contribution >= 0.6 is 0 Å². The maximum Gasteiger partial charge on any atom is 0.255 e. The quantitative estimate of drug-likeness (QED) is 0.671. The van der Waals surface area contributed by atoms with E-state index >= 15 is 0 Å². The van der Waals surface area contributed by atoms with Crippen molar-refractivity contribution < 1.29 is 18.7 Å². The Labute approximate surface area is 156 Å². The maximum absolute atomic E-state index is 13.3. The lowest BCUT2D eigenvalue weighted by atomic mass is 10.1. The van der Waals surface area contributed by atoms with Crippen LogP contribution in [0.3, 0.4) is 0 Å². The summed E-state index contributed by atoms with van der Waals surface area (Å²) in [5.74, 6) is 0.221. The van der Waals surface area contributed by atoms with Crippen LogP contribution in [0.2, 0.25) is 0 Å². The average molecular weight is 366 g/mol. The monoisotopic (exact) mass is 366 g/mol. The van der Waals surface area contributed by atoms with Crippen molar-refractivity contribution in [2.45, 2.75) is 13.5 Å². The lowest BCUT2D eigenvalue weighted by Gasteiger charge is -2.13. The lowest BCUT2D eigenvalue weighted by molar-refractivity contribution is 0.102. The summed E-state index contributed by atoms with van der Waals surface area (Å²) in [6.07, 6.45) is 3.42. The number of rotatable bonds is 7. The molecule has 1 amide bonds. The summed E-state index contributed by atoms with van der Waals surface area (Å²) >= 11 is 0. The third-order valence-electron chi connectivity index (χ3n) is 3.71. The molecule has 0 unspecified atom stereocenters. The number of aromatic nitrogens is 1. The highest BCUT2D eigenvalue weighted by molar-refractivity contribution is 6.04. The number of carbonyl (C=O) groups excluding carboxylic acids is 1. The van der Waals surface area contributed by atoms with Gasteiger partial charge in [0.2, 0.25) is 0 Å². The summed E-state index contributed by atoms with van der Waals surface area (Å²) in [5, 5.41) is 2.66. The van der Waals surface area contributed by atoms with Gasteiger partial charge in [-0.25, -0.2) is 4.39 Å². The number of anilines is 1. The molecular formula is C21H19FN2O3. The van der Waals surface area contributed by atoms with Gasteiger partial charge in [0.25, 0.3) is 5.91 Å². The molecule has 3 rings (SSSR count). The molecule has 0 radical (unpaired) electrons. The molecule has 27 heavy (non-hydrogen) atoms. The van der Waals surface area contributed by atoms with E-state index in [0.717, 1.165) is 5.56 Å². The zero-order valence-corrected chi connectivity index (χ0v) is 14.8. The summed E-state index contributed by atoms with van der Waals surface area (Å²) in [7, 11) is 0. The van der Waals surface area contributed by atoms with Crippen molar-refractivity contribution in [2.24, 2.45) is 0 Å². The van der Waals surface area contributed by atoms with Crippen LogP contribution in [0.5, 0.6) is 11.5 Å². The van der Waals surface area contributed by atoms with Gasteiger partial charge in [-0.2, -0.15) is 0 Å². The second-order valence-electron chi connectivity index (χ2n) is 5.71. The van der Waals surface area contributed by atoms with Crippen molar-refractivity contribution in [1.29, 1.82) is 0 Å². The molecular weight excluding hydrogens is 347 g/mol. The Morgan fingerprint density at radius 1 is 1.07 bits per heavy atom. The molecule has 3 aromatic rings. The first-order chi connectivity index (χ1) is 13.2. The molecule has 2 aromatic carbocycles.